The zero-order valence-electron chi connectivity index (χ0n) is 12.8. The maximum Gasteiger partial charge on any atom is 0.337 e. The van der Waals surface area contributed by atoms with Crippen molar-refractivity contribution >= 4 is 69.7 Å². The number of halogens is 3. The molecule has 132 valence electrons. The van der Waals surface area contributed by atoms with E-state index in [0.717, 1.165) is 0 Å². The number of carbonyl (C=O) groups excluding carboxylic acids is 1. The average molecular weight is 413 g/mol. The Bertz CT molecular complexity index is 635. The molecule has 1 rings (SSSR count). The van der Waals surface area contributed by atoms with Gasteiger partial charge in [-0.1, -0.05) is 60.8 Å². The minimum atomic E-state index is -1.87. The SMILES string of the molecule is CC(C)C(=O)NC(NC(=S)Nc1ccccc1C(=O)O)C(Cl)(Cl)Cl. The smallest absolute Gasteiger partial charge is 0.337 e. The van der Waals surface area contributed by atoms with E-state index >= 15 is 0 Å². The molecule has 1 unspecified atom stereocenters. The molecule has 24 heavy (non-hydrogen) atoms. The summed E-state index contributed by atoms with van der Waals surface area (Å²) in [6, 6.07) is 6.18. The molecule has 0 heterocycles. The number of carboxylic acids is 1. The molecule has 0 saturated carbocycles. The molecule has 0 radical (unpaired) electrons. The fourth-order valence-electron chi connectivity index (χ4n) is 1.58. The van der Waals surface area contributed by atoms with Gasteiger partial charge in [0.05, 0.1) is 11.3 Å². The van der Waals surface area contributed by atoms with E-state index in [1.54, 1.807) is 26.0 Å². The number of benzene rings is 1. The van der Waals surface area contributed by atoms with Crippen molar-refractivity contribution in [3.8, 4) is 0 Å². The summed E-state index contributed by atoms with van der Waals surface area (Å²) in [5, 5.41) is 17.0. The van der Waals surface area contributed by atoms with Crippen LogP contribution in [-0.4, -0.2) is 32.1 Å². The summed E-state index contributed by atoms with van der Waals surface area (Å²) in [7, 11) is 0. The first-order chi connectivity index (χ1) is 11.0. The molecule has 0 aliphatic rings. The van der Waals surface area contributed by atoms with Gasteiger partial charge in [0.1, 0.15) is 6.17 Å². The molecule has 1 aromatic carbocycles. The van der Waals surface area contributed by atoms with Crippen LogP contribution in [0, 0.1) is 5.92 Å². The molecular formula is C14H16Cl3N3O3S. The number of para-hydroxylation sites is 1. The Balaban J connectivity index is 2.86. The summed E-state index contributed by atoms with van der Waals surface area (Å²) in [5.74, 6) is -1.78. The lowest BCUT2D eigenvalue weighted by atomic mass is 10.2. The van der Waals surface area contributed by atoms with Gasteiger partial charge in [0.2, 0.25) is 9.70 Å². The number of alkyl halides is 3. The van der Waals surface area contributed by atoms with Crippen molar-refractivity contribution in [2.24, 2.45) is 5.92 Å². The zero-order chi connectivity index (χ0) is 18.5. The highest BCUT2D eigenvalue weighted by atomic mass is 35.6. The van der Waals surface area contributed by atoms with Crippen molar-refractivity contribution in [3.05, 3.63) is 29.8 Å². The van der Waals surface area contributed by atoms with Crippen molar-refractivity contribution in [1.29, 1.82) is 0 Å². The van der Waals surface area contributed by atoms with Gasteiger partial charge in [-0.15, -0.1) is 0 Å². The summed E-state index contributed by atoms with van der Waals surface area (Å²) in [6.07, 6.45) is -1.10. The van der Waals surface area contributed by atoms with Crippen LogP contribution in [0.1, 0.15) is 24.2 Å². The third kappa shape index (κ3) is 6.32. The van der Waals surface area contributed by atoms with Crippen molar-refractivity contribution in [2.75, 3.05) is 5.32 Å². The van der Waals surface area contributed by atoms with Gasteiger partial charge in [0.25, 0.3) is 0 Å². The van der Waals surface area contributed by atoms with Crippen LogP contribution in [0.3, 0.4) is 0 Å². The number of amides is 1. The van der Waals surface area contributed by atoms with Crippen LogP contribution in [-0.2, 0) is 4.79 Å². The number of hydrogen-bond donors (Lipinski definition) is 4. The van der Waals surface area contributed by atoms with E-state index in [4.69, 9.17) is 52.1 Å². The number of thiocarbonyl (C=S) groups is 1. The van der Waals surface area contributed by atoms with Crippen LogP contribution in [0.15, 0.2) is 24.3 Å². The minimum absolute atomic E-state index is 0.0101. The highest BCUT2D eigenvalue weighted by Gasteiger charge is 2.35. The fraction of sp³-hybridized carbons (Fsp3) is 0.357. The monoisotopic (exact) mass is 411 g/mol. The molecule has 0 aromatic heterocycles. The number of carboxylic acid groups (broad SMARTS) is 1. The van der Waals surface area contributed by atoms with Gasteiger partial charge in [0.15, 0.2) is 5.11 Å². The summed E-state index contributed by atoms with van der Waals surface area (Å²) >= 11 is 22.7. The second-order valence-corrected chi connectivity index (χ2v) is 7.86. The second-order valence-electron chi connectivity index (χ2n) is 5.09. The number of carbonyl (C=O) groups is 2. The van der Waals surface area contributed by atoms with Crippen LogP contribution >= 0.6 is 47.0 Å². The molecular weight excluding hydrogens is 397 g/mol. The highest BCUT2D eigenvalue weighted by Crippen LogP contribution is 2.29. The van der Waals surface area contributed by atoms with Gasteiger partial charge >= 0.3 is 5.97 Å². The van der Waals surface area contributed by atoms with Gasteiger partial charge in [-0.2, -0.15) is 0 Å². The van der Waals surface area contributed by atoms with E-state index in [1.807, 2.05) is 0 Å². The fourth-order valence-corrected chi connectivity index (χ4v) is 2.13. The predicted molar refractivity (Wildman–Crippen MR) is 99.8 cm³/mol. The average Bonchev–Trinajstić information content (AvgIpc) is 2.45. The van der Waals surface area contributed by atoms with E-state index in [1.165, 1.54) is 12.1 Å². The van der Waals surface area contributed by atoms with Crippen molar-refractivity contribution in [2.45, 2.75) is 23.8 Å². The van der Waals surface area contributed by atoms with E-state index in [0.29, 0.717) is 0 Å². The van der Waals surface area contributed by atoms with Gasteiger partial charge in [0, 0.05) is 5.92 Å². The van der Waals surface area contributed by atoms with Crippen molar-refractivity contribution < 1.29 is 14.7 Å². The standard InChI is InChI=1S/C14H16Cl3N3O3S/c1-7(2)10(21)19-12(14(15,16)17)20-13(24)18-9-6-4-3-5-8(9)11(22)23/h3-7,12H,1-2H3,(H,19,21)(H,22,23)(H2,18,20,24). The zero-order valence-corrected chi connectivity index (χ0v) is 15.9. The number of anilines is 1. The summed E-state index contributed by atoms with van der Waals surface area (Å²) in [5.41, 5.74) is 0.291. The van der Waals surface area contributed by atoms with E-state index in [-0.39, 0.29) is 28.2 Å². The van der Waals surface area contributed by atoms with Gasteiger partial charge in [-0.3, -0.25) is 4.79 Å². The number of aromatic carboxylic acids is 1. The molecule has 0 fully saturated rings. The van der Waals surface area contributed by atoms with Crippen molar-refractivity contribution in [1.82, 2.24) is 10.6 Å². The first-order valence-electron chi connectivity index (χ1n) is 6.79. The summed E-state index contributed by atoms with van der Waals surface area (Å²) < 4.78 is -1.87. The molecule has 0 aliphatic carbocycles. The lowest BCUT2D eigenvalue weighted by Crippen LogP contribution is -2.56. The molecule has 0 saturated heterocycles. The highest BCUT2D eigenvalue weighted by molar-refractivity contribution is 7.80. The largest absolute Gasteiger partial charge is 0.478 e. The summed E-state index contributed by atoms with van der Waals surface area (Å²) in [4.78, 5) is 23.0. The lowest BCUT2D eigenvalue weighted by Gasteiger charge is -2.28. The van der Waals surface area contributed by atoms with Gasteiger partial charge in [-0.05, 0) is 24.4 Å². The Morgan fingerprint density at radius 3 is 2.25 bits per heavy atom. The quantitative estimate of drug-likeness (QED) is 0.337. The van der Waals surface area contributed by atoms with Gasteiger partial charge < -0.3 is 21.1 Å². The van der Waals surface area contributed by atoms with Crippen molar-refractivity contribution in [3.63, 3.8) is 0 Å². The van der Waals surface area contributed by atoms with E-state index in [2.05, 4.69) is 16.0 Å². The number of hydrogen-bond acceptors (Lipinski definition) is 3. The number of rotatable bonds is 5. The molecule has 0 spiro atoms. The Labute approximate surface area is 159 Å². The molecule has 1 atom stereocenters. The summed E-state index contributed by atoms with van der Waals surface area (Å²) in [6.45, 7) is 3.37. The van der Waals surface area contributed by atoms with Gasteiger partial charge in [-0.25, -0.2) is 4.79 Å². The van der Waals surface area contributed by atoms with Crippen LogP contribution < -0.4 is 16.0 Å². The maximum atomic E-state index is 11.8. The molecule has 4 N–H and O–H groups in total. The Morgan fingerprint density at radius 1 is 1.17 bits per heavy atom. The Kier molecular flexibility index (Phi) is 7.54. The molecule has 0 bridgehead atoms. The van der Waals surface area contributed by atoms with E-state index < -0.39 is 15.9 Å². The normalized spacial score (nSPS) is 12.4. The lowest BCUT2D eigenvalue weighted by molar-refractivity contribution is -0.124. The first kappa shape index (κ1) is 20.8. The maximum absolute atomic E-state index is 11.8. The minimum Gasteiger partial charge on any atom is -0.478 e. The van der Waals surface area contributed by atoms with Crippen LogP contribution in [0.2, 0.25) is 0 Å². The third-order valence-electron chi connectivity index (χ3n) is 2.82. The Hall–Kier alpha value is -1.28. The third-order valence-corrected chi connectivity index (χ3v) is 3.69. The van der Waals surface area contributed by atoms with Crippen LogP contribution in [0.4, 0.5) is 5.69 Å². The topological polar surface area (TPSA) is 90.5 Å². The second kappa shape index (κ2) is 8.71. The molecule has 1 aromatic rings. The molecule has 10 heteroatoms. The molecule has 6 nitrogen and oxygen atoms in total. The van der Waals surface area contributed by atoms with Crippen LogP contribution in [0.25, 0.3) is 0 Å². The first-order valence-corrected chi connectivity index (χ1v) is 8.33. The van der Waals surface area contributed by atoms with Crippen LogP contribution in [0.5, 0.6) is 0 Å². The van der Waals surface area contributed by atoms with E-state index in [9.17, 15) is 9.59 Å². The molecule has 1 amide bonds. The Morgan fingerprint density at radius 2 is 1.75 bits per heavy atom. The number of nitrogens with one attached hydrogen (secondary N) is 3. The molecule has 0 aliphatic heterocycles. The predicted octanol–water partition coefficient (Wildman–Crippen LogP) is 3.14.